The number of aliphatic carboxylic acids is 1. The van der Waals surface area contributed by atoms with E-state index in [1.165, 1.54) is 88.4 Å². The lowest BCUT2D eigenvalue weighted by Crippen LogP contribution is -2.69. The van der Waals surface area contributed by atoms with Crippen LogP contribution in [0.15, 0.2) is 0 Å². The molecule has 0 aromatic heterocycles. The molecule has 3 amide bonds. The van der Waals surface area contributed by atoms with Crippen LogP contribution >= 0.6 is 0 Å². The lowest BCUT2D eigenvalue weighted by Gasteiger charge is -2.47. The largest absolute Gasteiger partial charge is 0.481 e. The van der Waals surface area contributed by atoms with Crippen molar-refractivity contribution in [2.75, 3.05) is 19.7 Å². The van der Waals surface area contributed by atoms with Crippen LogP contribution < -0.4 is 10.6 Å². The van der Waals surface area contributed by atoms with Gasteiger partial charge in [-0.05, 0) is 12.8 Å². The van der Waals surface area contributed by atoms with Crippen LogP contribution in [0.4, 0.5) is 0 Å². The summed E-state index contributed by atoms with van der Waals surface area (Å²) in [6, 6.07) is -1.22. The Bertz CT molecular complexity index is 922. The second kappa shape index (κ2) is 29.3. The second-order valence-corrected chi connectivity index (χ2v) is 14.0. The highest BCUT2D eigenvalue weighted by atomic mass is 16.5. The molecule has 0 bridgehead atoms. The fourth-order valence-corrected chi connectivity index (χ4v) is 6.49. The van der Waals surface area contributed by atoms with E-state index in [4.69, 9.17) is 9.84 Å². The third-order valence-corrected chi connectivity index (χ3v) is 9.61. The average molecular weight is 714 g/mol. The number of carbonyl (C=O) groups is 4. The van der Waals surface area contributed by atoms with Gasteiger partial charge in [-0.15, -0.1) is 0 Å². The molecule has 0 unspecified atom stereocenters. The van der Waals surface area contributed by atoms with Crippen LogP contribution in [0.1, 0.15) is 168 Å². The van der Waals surface area contributed by atoms with Crippen molar-refractivity contribution in [2.45, 2.75) is 199 Å². The van der Waals surface area contributed by atoms with Crippen molar-refractivity contribution in [3.63, 3.8) is 0 Å². The molecule has 1 heterocycles. The Kier molecular flexibility index (Phi) is 26.8. The molecule has 1 fully saturated rings. The third-order valence-electron chi connectivity index (χ3n) is 9.61. The van der Waals surface area contributed by atoms with E-state index in [0.717, 1.165) is 38.5 Å². The Morgan fingerprint density at radius 1 is 0.620 bits per heavy atom. The summed E-state index contributed by atoms with van der Waals surface area (Å²) in [7, 11) is 0. The highest BCUT2D eigenvalue weighted by Crippen LogP contribution is 2.26. The third kappa shape index (κ3) is 20.5. The van der Waals surface area contributed by atoms with Crippen LogP contribution in [0.3, 0.4) is 0 Å². The van der Waals surface area contributed by atoms with Gasteiger partial charge >= 0.3 is 5.97 Å². The van der Waals surface area contributed by atoms with E-state index in [1.807, 2.05) is 0 Å². The number of aliphatic hydroxyl groups is 3. The summed E-state index contributed by atoms with van der Waals surface area (Å²) >= 11 is 0. The van der Waals surface area contributed by atoms with Gasteiger partial charge in [-0.1, -0.05) is 136 Å². The number of nitrogens with one attached hydrogen (secondary N) is 2. The van der Waals surface area contributed by atoms with E-state index in [9.17, 15) is 34.5 Å². The standard InChI is InChI=1S/C38H71N3O9/c1-3-5-7-9-11-13-14-15-17-19-21-23-27-41(33(45)24-22-20-18-16-12-10-8-6-4-2)38-35(37(49)36(48)30(29-42)50-38)40-32(44)28-39-31(43)25-26-34(46)47/h30,35-38,42,48-49H,3-29H2,1-2H3,(H,39,43)(H,40,44)(H,46,47)/t30-,35+,36+,37-,38-/m1/s1. The minimum atomic E-state index is -1.55. The zero-order chi connectivity index (χ0) is 37.0. The number of amides is 3. The molecule has 12 heteroatoms. The van der Waals surface area contributed by atoms with E-state index in [0.29, 0.717) is 19.4 Å². The van der Waals surface area contributed by atoms with Gasteiger partial charge in [0.25, 0.3) is 0 Å². The molecule has 1 saturated heterocycles. The smallest absolute Gasteiger partial charge is 0.303 e. The summed E-state index contributed by atoms with van der Waals surface area (Å²) in [5, 5.41) is 45.5. The Morgan fingerprint density at radius 2 is 1.10 bits per heavy atom. The first-order chi connectivity index (χ1) is 24.2. The average Bonchev–Trinajstić information content (AvgIpc) is 3.10. The van der Waals surface area contributed by atoms with Crippen molar-refractivity contribution in [2.24, 2.45) is 0 Å². The normalized spacial score (nSPS) is 20.4. The predicted molar refractivity (Wildman–Crippen MR) is 194 cm³/mol. The predicted octanol–water partition coefficient (Wildman–Crippen LogP) is 5.34. The quantitative estimate of drug-likeness (QED) is 0.0516. The molecule has 0 aliphatic carbocycles. The van der Waals surface area contributed by atoms with E-state index >= 15 is 0 Å². The maximum Gasteiger partial charge on any atom is 0.303 e. The minimum Gasteiger partial charge on any atom is -0.481 e. The lowest BCUT2D eigenvalue weighted by atomic mass is 9.94. The Labute approximate surface area is 301 Å². The number of hydrogen-bond acceptors (Lipinski definition) is 8. The lowest BCUT2D eigenvalue weighted by molar-refractivity contribution is -0.231. The molecule has 0 aromatic carbocycles. The molecule has 1 aliphatic rings. The molecule has 292 valence electrons. The fraction of sp³-hybridized carbons (Fsp3) is 0.895. The SMILES string of the molecule is CCCCCCCCCCCCCCN(C(=O)CCCCCCCCCCC)[C@@H]1O[C@H](CO)[C@H](O)[C@H](O)[C@@H]1NC(=O)CNC(=O)CCC(=O)O. The number of nitrogens with zero attached hydrogens (tertiary/aromatic N) is 1. The number of carbonyl (C=O) groups excluding carboxylic acids is 3. The van der Waals surface area contributed by atoms with Gasteiger partial charge in [0.15, 0.2) is 6.23 Å². The molecular formula is C38H71N3O9. The van der Waals surface area contributed by atoms with E-state index < -0.39 is 61.5 Å². The van der Waals surface area contributed by atoms with E-state index in [1.54, 1.807) is 0 Å². The highest BCUT2D eigenvalue weighted by Gasteiger charge is 2.48. The molecule has 0 spiro atoms. The van der Waals surface area contributed by atoms with Crippen LogP contribution in [0.25, 0.3) is 0 Å². The summed E-state index contributed by atoms with van der Waals surface area (Å²) < 4.78 is 6.03. The summed E-state index contributed by atoms with van der Waals surface area (Å²) in [5.74, 6) is -2.63. The first-order valence-electron chi connectivity index (χ1n) is 19.9. The number of aliphatic hydroxyl groups excluding tert-OH is 3. The van der Waals surface area contributed by atoms with Gasteiger partial charge in [0.05, 0.1) is 19.6 Å². The van der Waals surface area contributed by atoms with Gasteiger partial charge < -0.3 is 40.7 Å². The van der Waals surface area contributed by atoms with E-state index in [-0.39, 0.29) is 25.2 Å². The Balaban J connectivity index is 2.85. The number of carboxylic acid groups (broad SMARTS) is 1. The van der Waals surface area contributed by atoms with Crippen LogP contribution in [-0.2, 0) is 23.9 Å². The first kappa shape index (κ1) is 45.7. The van der Waals surface area contributed by atoms with Gasteiger partial charge in [-0.25, -0.2) is 0 Å². The Hall–Kier alpha value is -2.28. The summed E-state index contributed by atoms with van der Waals surface area (Å²) in [4.78, 5) is 50.9. The number of ether oxygens (including phenoxy) is 1. The molecule has 12 nitrogen and oxygen atoms in total. The van der Waals surface area contributed by atoms with Crippen LogP contribution in [0, 0.1) is 0 Å². The first-order valence-corrected chi connectivity index (χ1v) is 19.9. The zero-order valence-electron chi connectivity index (χ0n) is 31.3. The minimum absolute atomic E-state index is 0.178. The van der Waals surface area contributed by atoms with Crippen molar-refractivity contribution in [1.29, 1.82) is 0 Å². The van der Waals surface area contributed by atoms with Gasteiger partial charge in [0.1, 0.15) is 24.4 Å². The highest BCUT2D eigenvalue weighted by molar-refractivity contribution is 5.86. The molecule has 0 radical (unpaired) electrons. The van der Waals surface area contributed by atoms with Gasteiger partial charge in [-0.2, -0.15) is 0 Å². The fourth-order valence-electron chi connectivity index (χ4n) is 6.49. The van der Waals surface area contributed by atoms with Crippen molar-refractivity contribution >= 4 is 23.7 Å². The molecule has 6 N–H and O–H groups in total. The molecular weight excluding hydrogens is 642 g/mol. The van der Waals surface area contributed by atoms with Crippen LogP contribution in [0.5, 0.6) is 0 Å². The molecule has 50 heavy (non-hydrogen) atoms. The number of hydrogen-bond donors (Lipinski definition) is 6. The zero-order valence-corrected chi connectivity index (χ0v) is 31.3. The summed E-state index contributed by atoms with van der Waals surface area (Å²) in [6.45, 7) is 3.68. The summed E-state index contributed by atoms with van der Waals surface area (Å²) in [6.07, 6.45) is 18.1. The molecule has 0 aromatic rings. The monoisotopic (exact) mass is 714 g/mol. The molecule has 1 aliphatic heterocycles. The van der Waals surface area contributed by atoms with Crippen molar-refractivity contribution in [3.8, 4) is 0 Å². The number of unbranched alkanes of at least 4 members (excludes halogenated alkanes) is 19. The van der Waals surface area contributed by atoms with Crippen molar-refractivity contribution in [1.82, 2.24) is 15.5 Å². The number of rotatable bonds is 31. The van der Waals surface area contributed by atoms with Crippen molar-refractivity contribution in [3.05, 3.63) is 0 Å². The van der Waals surface area contributed by atoms with Gasteiger partial charge in [0.2, 0.25) is 17.7 Å². The molecule has 5 atom stereocenters. The van der Waals surface area contributed by atoms with Gasteiger partial charge in [0, 0.05) is 19.4 Å². The molecule has 1 rings (SSSR count). The van der Waals surface area contributed by atoms with E-state index in [2.05, 4.69) is 24.5 Å². The summed E-state index contributed by atoms with van der Waals surface area (Å²) in [5.41, 5.74) is 0. The van der Waals surface area contributed by atoms with Crippen LogP contribution in [0.2, 0.25) is 0 Å². The number of carboxylic acids is 1. The maximum atomic E-state index is 13.8. The molecule has 0 saturated carbocycles. The second-order valence-electron chi connectivity index (χ2n) is 14.0. The Morgan fingerprint density at radius 3 is 1.58 bits per heavy atom. The van der Waals surface area contributed by atoms with Gasteiger partial charge in [-0.3, -0.25) is 19.2 Å². The van der Waals surface area contributed by atoms with Crippen LogP contribution in [-0.4, -0.2) is 99.3 Å². The maximum absolute atomic E-state index is 13.8. The van der Waals surface area contributed by atoms with Crippen molar-refractivity contribution < 1.29 is 44.3 Å². The topological polar surface area (TPSA) is 186 Å².